The third kappa shape index (κ3) is 9.07. The van der Waals surface area contributed by atoms with Crippen molar-refractivity contribution in [3.8, 4) is 11.5 Å². The van der Waals surface area contributed by atoms with Crippen molar-refractivity contribution in [2.45, 2.75) is 53.2 Å². The SMILES string of the molecule is C=C1C(C)=C(/N=C(\C)Cc2cccc(OC(C)(F)F)c2)N(Cc2ccccc2)C(=C)N1C.CCc1ccc(O)cc1. The van der Waals surface area contributed by atoms with Crippen LogP contribution in [0, 0.1) is 0 Å². The molecule has 4 rings (SSSR count). The second-order valence-electron chi connectivity index (χ2n) is 10.0. The number of likely N-dealkylation sites (N-methyl/N-ethyl adjacent to an activating group) is 1. The molecule has 3 aromatic carbocycles. The van der Waals surface area contributed by atoms with Crippen LogP contribution < -0.4 is 4.74 Å². The number of phenols is 1. The molecule has 0 atom stereocenters. The van der Waals surface area contributed by atoms with E-state index in [0.717, 1.165) is 53.1 Å². The number of alkyl halides is 2. The Hall–Kier alpha value is -4.39. The standard InChI is InChI=1S/C26H29F2N3O.C8H10O/c1-18(15-23-13-10-14-24(16-23)32-26(5,27)28)29-25-19(2)20(3)30(6)21(4)31(25)17-22-11-8-7-9-12-22;1-2-7-3-5-8(9)6-4-7/h7-14,16H,3-4,15,17H2,1-2,5-6H3;3-6,9H,2H2,1H3/b29-18+;. The van der Waals surface area contributed by atoms with Gasteiger partial charge in [0, 0.05) is 37.4 Å². The number of allylic oxidation sites excluding steroid dienone is 1. The Morgan fingerprint density at radius 3 is 2.20 bits per heavy atom. The Bertz CT molecular complexity index is 1410. The number of nitrogens with zero attached hydrogens (tertiary/aromatic N) is 3. The lowest BCUT2D eigenvalue weighted by Gasteiger charge is -2.40. The van der Waals surface area contributed by atoms with E-state index in [1.165, 1.54) is 11.6 Å². The van der Waals surface area contributed by atoms with Crippen LogP contribution in [0.25, 0.3) is 0 Å². The van der Waals surface area contributed by atoms with Gasteiger partial charge in [-0.3, -0.25) is 0 Å². The Labute approximate surface area is 242 Å². The first-order chi connectivity index (χ1) is 19.4. The average Bonchev–Trinajstić information content (AvgIpc) is 2.93. The van der Waals surface area contributed by atoms with Gasteiger partial charge in [0.2, 0.25) is 0 Å². The van der Waals surface area contributed by atoms with E-state index in [0.29, 0.717) is 18.7 Å². The van der Waals surface area contributed by atoms with Crippen LogP contribution in [0.15, 0.2) is 120 Å². The number of hydrogen-bond donors (Lipinski definition) is 1. The maximum Gasteiger partial charge on any atom is 0.394 e. The van der Waals surface area contributed by atoms with Gasteiger partial charge in [-0.05, 0) is 61.2 Å². The van der Waals surface area contributed by atoms with Crippen molar-refractivity contribution in [2.75, 3.05) is 7.05 Å². The molecule has 0 aliphatic carbocycles. The van der Waals surface area contributed by atoms with Crippen molar-refractivity contribution in [2.24, 2.45) is 4.99 Å². The molecule has 0 spiro atoms. The third-order valence-corrected chi connectivity index (χ3v) is 6.61. The molecule has 0 unspecified atom stereocenters. The van der Waals surface area contributed by atoms with Crippen LogP contribution >= 0.6 is 0 Å². The highest BCUT2D eigenvalue weighted by molar-refractivity contribution is 5.85. The minimum atomic E-state index is -3.23. The van der Waals surface area contributed by atoms with Gasteiger partial charge in [-0.15, -0.1) is 0 Å². The summed E-state index contributed by atoms with van der Waals surface area (Å²) in [5.41, 5.74) is 5.87. The minimum absolute atomic E-state index is 0.130. The van der Waals surface area contributed by atoms with Crippen molar-refractivity contribution < 1.29 is 18.6 Å². The minimum Gasteiger partial charge on any atom is -0.508 e. The maximum absolute atomic E-state index is 13.2. The van der Waals surface area contributed by atoms with Crippen LogP contribution in [0.4, 0.5) is 8.78 Å². The van der Waals surface area contributed by atoms with E-state index in [2.05, 4.69) is 37.1 Å². The highest BCUT2D eigenvalue weighted by Gasteiger charge is 2.27. The smallest absolute Gasteiger partial charge is 0.394 e. The Balaban J connectivity index is 0.000000436. The number of aliphatic imine (C=N–C) groups is 1. The second-order valence-corrected chi connectivity index (χ2v) is 10.0. The summed E-state index contributed by atoms with van der Waals surface area (Å²) in [5.74, 6) is 2.04. The van der Waals surface area contributed by atoms with Crippen molar-refractivity contribution in [3.63, 3.8) is 0 Å². The van der Waals surface area contributed by atoms with E-state index in [1.807, 2.05) is 62.2 Å². The van der Waals surface area contributed by atoms with Crippen LogP contribution in [0.2, 0.25) is 0 Å². The predicted molar refractivity (Wildman–Crippen MR) is 163 cm³/mol. The molecule has 41 heavy (non-hydrogen) atoms. The van der Waals surface area contributed by atoms with Crippen molar-refractivity contribution in [3.05, 3.63) is 132 Å². The molecule has 3 aromatic rings. The maximum atomic E-state index is 13.2. The number of phenolic OH excluding ortho intramolecular Hbond substituents is 1. The molecule has 0 aromatic heterocycles. The molecule has 0 bridgehead atoms. The van der Waals surface area contributed by atoms with Crippen molar-refractivity contribution in [1.29, 1.82) is 0 Å². The van der Waals surface area contributed by atoms with Gasteiger partial charge >= 0.3 is 6.11 Å². The first-order valence-corrected chi connectivity index (χ1v) is 13.5. The molecule has 0 fully saturated rings. The first-order valence-electron chi connectivity index (χ1n) is 13.5. The highest BCUT2D eigenvalue weighted by atomic mass is 19.3. The van der Waals surface area contributed by atoms with Gasteiger partial charge in [0.15, 0.2) is 0 Å². The van der Waals surface area contributed by atoms with Crippen LogP contribution in [0.1, 0.15) is 44.4 Å². The van der Waals surface area contributed by atoms with Gasteiger partial charge in [0.05, 0.1) is 6.54 Å². The summed E-state index contributed by atoms with van der Waals surface area (Å²) in [5, 5.41) is 8.85. The molecule has 1 N–H and O–H groups in total. The van der Waals surface area contributed by atoms with Gasteiger partial charge in [-0.2, -0.15) is 8.78 Å². The fourth-order valence-electron chi connectivity index (χ4n) is 4.29. The van der Waals surface area contributed by atoms with E-state index in [4.69, 9.17) is 14.8 Å². The van der Waals surface area contributed by atoms with E-state index >= 15 is 0 Å². The van der Waals surface area contributed by atoms with E-state index < -0.39 is 6.11 Å². The lowest BCUT2D eigenvalue weighted by Crippen LogP contribution is -2.36. The first kappa shape index (κ1) is 31.1. The molecule has 1 aliphatic rings. The van der Waals surface area contributed by atoms with Gasteiger partial charge in [-0.25, -0.2) is 4.99 Å². The summed E-state index contributed by atoms with van der Waals surface area (Å²) in [4.78, 5) is 8.94. The summed E-state index contributed by atoms with van der Waals surface area (Å²) in [6.07, 6.45) is -1.70. The fraction of sp³-hybridized carbons (Fsp3) is 0.265. The van der Waals surface area contributed by atoms with Gasteiger partial charge < -0.3 is 19.6 Å². The topological polar surface area (TPSA) is 48.3 Å². The molecule has 0 saturated heterocycles. The number of aromatic hydroxyl groups is 1. The number of hydrogen-bond acceptors (Lipinski definition) is 5. The van der Waals surface area contributed by atoms with Gasteiger partial charge in [-0.1, -0.05) is 74.7 Å². The Kier molecular flexibility index (Phi) is 10.5. The number of aryl methyl sites for hydroxylation is 1. The molecule has 7 heteroatoms. The van der Waals surface area contributed by atoms with Gasteiger partial charge in [0.1, 0.15) is 23.1 Å². The Morgan fingerprint density at radius 2 is 1.59 bits per heavy atom. The molecule has 0 amide bonds. The van der Waals surface area contributed by atoms with Crippen LogP contribution in [0.3, 0.4) is 0 Å². The zero-order chi connectivity index (χ0) is 30.2. The zero-order valence-electron chi connectivity index (χ0n) is 24.5. The second kappa shape index (κ2) is 13.8. The summed E-state index contributed by atoms with van der Waals surface area (Å²) in [7, 11) is 1.94. The molecule has 0 saturated carbocycles. The largest absolute Gasteiger partial charge is 0.508 e. The molecule has 0 radical (unpaired) electrons. The average molecular weight is 560 g/mol. The molecular formula is C34H39F2N3O2. The normalized spacial score (nSPS) is 14.2. The summed E-state index contributed by atoms with van der Waals surface area (Å²) < 4.78 is 31.1. The predicted octanol–water partition coefficient (Wildman–Crippen LogP) is 8.30. The molecule has 1 aliphatic heterocycles. The lowest BCUT2D eigenvalue weighted by atomic mass is 10.1. The molecular weight excluding hydrogens is 520 g/mol. The molecule has 5 nitrogen and oxygen atoms in total. The van der Waals surface area contributed by atoms with E-state index in [1.54, 1.807) is 24.3 Å². The van der Waals surface area contributed by atoms with Crippen LogP contribution in [-0.4, -0.2) is 33.8 Å². The van der Waals surface area contributed by atoms with Crippen molar-refractivity contribution in [1.82, 2.24) is 9.80 Å². The fourth-order valence-corrected chi connectivity index (χ4v) is 4.29. The lowest BCUT2D eigenvalue weighted by molar-refractivity contribution is -0.158. The highest BCUT2D eigenvalue weighted by Crippen LogP contribution is 2.33. The number of benzene rings is 3. The van der Waals surface area contributed by atoms with E-state index in [9.17, 15) is 8.78 Å². The summed E-state index contributed by atoms with van der Waals surface area (Å²) in [6.45, 7) is 15.8. The monoisotopic (exact) mass is 559 g/mol. The zero-order valence-corrected chi connectivity index (χ0v) is 24.5. The Morgan fingerprint density at radius 1 is 0.951 bits per heavy atom. The van der Waals surface area contributed by atoms with E-state index in [-0.39, 0.29) is 5.75 Å². The summed E-state index contributed by atoms with van der Waals surface area (Å²) >= 11 is 0. The molecule has 1 heterocycles. The van der Waals surface area contributed by atoms with Crippen molar-refractivity contribution >= 4 is 5.71 Å². The quantitative estimate of drug-likeness (QED) is 0.282. The molecule has 216 valence electrons. The number of rotatable bonds is 8. The van der Waals surface area contributed by atoms with Crippen LogP contribution in [0.5, 0.6) is 11.5 Å². The van der Waals surface area contributed by atoms with Crippen LogP contribution in [-0.2, 0) is 19.4 Å². The van der Waals surface area contributed by atoms with Gasteiger partial charge in [0.25, 0.3) is 0 Å². The summed E-state index contributed by atoms with van der Waals surface area (Å²) in [6, 6.07) is 24.1. The number of ether oxygens (including phenoxy) is 1. The number of halogens is 2. The third-order valence-electron chi connectivity index (χ3n) is 6.61.